The van der Waals surface area contributed by atoms with E-state index in [1.165, 1.54) is 0 Å². The summed E-state index contributed by atoms with van der Waals surface area (Å²) in [6.07, 6.45) is 2.73. The molecule has 0 aliphatic rings. The molecule has 136 valence electrons. The first-order chi connectivity index (χ1) is 13.2. The van der Waals surface area contributed by atoms with Crippen LogP contribution in [0, 0.1) is 0 Å². The fourth-order valence-electron chi connectivity index (χ4n) is 2.36. The Morgan fingerprint density at radius 2 is 1.67 bits per heavy atom. The predicted molar refractivity (Wildman–Crippen MR) is 102 cm³/mol. The van der Waals surface area contributed by atoms with E-state index >= 15 is 0 Å². The van der Waals surface area contributed by atoms with Gasteiger partial charge in [0.2, 0.25) is 0 Å². The first kappa shape index (κ1) is 18.1. The van der Waals surface area contributed by atoms with E-state index in [4.69, 9.17) is 4.74 Å². The van der Waals surface area contributed by atoms with Gasteiger partial charge in [0.1, 0.15) is 6.61 Å². The molecule has 2 aromatic carbocycles. The molecule has 6 nitrogen and oxygen atoms in total. The molecule has 0 saturated carbocycles. The minimum absolute atomic E-state index is 0.218. The van der Waals surface area contributed by atoms with E-state index in [9.17, 15) is 9.59 Å². The number of aromatic nitrogens is 1. The van der Waals surface area contributed by atoms with Gasteiger partial charge in [-0.05, 0) is 35.4 Å². The largest absolute Gasteiger partial charge is 0.445 e. The highest BCUT2D eigenvalue weighted by Crippen LogP contribution is 2.09. The zero-order chi connectivity index (χ0) is 18.9. The lowest BCUT2D eigenvalue weighted by atomic mass is 10.1. The molecule has 0 atom stereocenters. The first-order valence-electron chi connectivity index (χ1n) is 8.45. The van der Waals surface area contributed by atoms with Crippen LogP contribution in [-0.2, 0) is 17.9 Å². The van der Waals surface area contributed by atoms with Crippen molar-refractivity contribution in [1.29, 1.82) is 0 Å². The van der Waals surface area contributed by atoms with E-state index in [0.29, 0.717) is 17.8 Å². The maximum absolute atomic E-state index is 12.2. The van der Waals surface area contributed by atoms with Gasteiger partial charge in [-0.1, -0.05) is 42.5 Å². The maximum atomic E-state index is 12.2. The van der Waals surface area contributed by atoms with E-state index < -0.39 is 6.09 Å². The highest BCUT2D eigenvalue weighted by atomic mass is 16.5. The number of carbonyl (C=O) groups excluding carboxylic acids is 2. The van der Waals surface area contributed by atoms with Crippen LogP contribution in [0.1, 0.15) is 21.5 Å². The quantitative estimate of drug-likeness (QED) is 0.700. The van der Waals surface area contributed by atoms with Gasteiger partial charge in [-0.15, -0.1) is 0 Å². The number of ether oxygens (including phenoxy) is 1. The molecule has 6 heteroatoms. The summed E-state index contributed by atoms with van der Waals surface area (Å²) in [7, 11) is 0. The maximum Gasteiger partial charge on any atom is 0.407 e. The normalized spacial score (nSPS) is 10.1. The van der Waals surface area contributed by atoms with Gasteiger partial charge in [-0.25, -0.2) is 4.79 Å². The minimum Gasteiger partial charge on any atom is -0.445 e. The van der Waals surface area contributed by atoms with E-state index in [1.807, 2.05) is 30.3 Å². The van der Waals surface area contributed by atoms with Crippen molar-refractivity contribution in [1.82, 2.24) is 10.3 Å². The highest BCUT2D eigenvalue weighted by molar-refractivity contribution is 6.04. The Bertz CT molecular complexity index is 882. The van der Waals surface area contributed by atoms with Crippen molar-refractivity contribution in [3.8, 4) is 0 Å². The average Bonchev–Trinajstić information content (AvgIpc) is 2.72. The summed E-state index contributed by atoms with van der Waals surface area (Å²) in [5.41, 5.74) is 2.95. The molecule has 1 aromatic heterocycles. The molecule has 3 rings (SSSR count). The third-order valence-corrected chi connectivity index (χ3v) is 3.79. The van der Waals surface area contributed by atoms with Crippen molar-refractivity contribution in [3.05, 3.63) is 95.8 Å². The number of alkyl carbamates (subject to hydrolysis) is 1. The Balaban J connectivity index is 1.46. The lowest BCUT2D eigenvalue weighted by Gasteiger charge is -2.08. The molecule has 2 N–H and O–H groups in total. The summed E-state index contributed by atoms with van der Waals surface area (Å²) in [5, 5.41) is 5.46. The molecule has 0 bridgehead atoms. The Hall–Kier alpha value is -3.67. The van der Waals surface area contributed by atoms with Crippen LogP contribution in [-0.4, -0.2) is 17.0 Å². The Labute approximate surface area is 157 Å². The predicted octanol–water partition coefficient (Wildman–Crippen LogP) is 3.76. The van der Waals surface area contributed by atoms with Crippen LogP contribution in [0.3, 0.4) is 0 Å². The van der Waals surface area contributed by atoms with Crippen LogP contribution in [0.2, 0.25) is 0 Å². The SMILES string of the molecule is O=C(NCc1ccc(C(=O)Nc2cccnc2)cc1)OCc1ccccc1. The van der Waals surface area contributed by atoms with E-state index in [2.05, 4.69) is 15.6 Å². The van der Waals surface area contributed by atoms with Gasteiger partial charge < -0.3 is 15.4 Å². The number of hydrogen-bond donors (Lipinski definition) is 2. The molecule has 0 unspecified atom stereocenters. The second-order valence-corrected chi connectivity index (χ2v) is 5.81. The zero-order valence-corrected chi connectivity index (χ0v) is 14.6. The van der Waals surface area contributed by atoms with Crippen LogP contribution in [0.4, 0.5) is 10.5 Å². The molecule has 2 amide bonds. The average molecular weight is 361 g/mol. The smallest absolute Gasteiger partial charge is 0.407 e. The Kier molecular flexibility index (Phi) is 6.14. The fraction of sp³-hybridized carbons (Fsp3) is 0.0952. The minimum atomic E-state index is -0.489. The van der Waals surface area contributed by atoms with Gasteiger partial charge in [-0.3, -0.25) is 9.78 Å². The number of carbonyl (C=O) groups is 2. The lowest BCUT2D eigenvalue weighted by molar-refractivity contribution is 0.102. The summed E-state index contributed by atoms with van der Waals surface area (Å²) >= 11 is 0. The second-order valence-electron chi connectivity index (χ2n) is 5.81. The van der Waals surface area contributed by atoms with Gasteiger partial charge in [0, 0.05) is 18.3 Å². The van der Waals surface area contributed by atoms with Crippen molar-refractivity contribution in [2.24, 2.45) is 0 Å². The molecule has 0 aliphatic heterocycles. The molecular weight excluding hydrogens is 342 g/mol. The summed E-state index contributed by atoms with van der Waals surface area (Å²) < 4.78 is 5.16. The molecule has 0 fully saturated rings. The number of hydrogen-bond acceptors (Lipinski definition) is 4. The summed E-state index contributed by atoms with van der Waals surface area (Å²) in [4.78, 5) is 27.9. The number of nitrogens with zero attached hydrogens (tertiary/aromatic N) is 1. The molecular formula is C21H19N3O3. The molecule has 0 spiro atoms. The van der Waals surface area contributed by atoms with Crippen LogP contribution < -0.4 is 10.6 Å². The van der Waals surface area contributed by atoms with Crippen LogP contribution in [0.5, 0.6) is 0 Å². The Morgan fingerprint density at radius 1 is 0.889 bits per heavy atom. The number of nitrogens with one attached hydrogen (secondary N) is 2. The molecule has 27 heavy (non-hydrogen) atoms. The number of anilines is 1. The summed E-state index contributed by atoms with van der Waals surface area (Å²) in [6.45, 7) is 0.540. The van der Waals surface area contributed by atoms with Gasteiger partial charge in [-0.2, -0.15) is 0 Å². The van der Waals surface area contributed by atoms with Crippen molar-refractivity contribution in [2.45, 2.75) is 13.2 Å². The summed E-state index contributed by atoms with van der Waals surface area (Å²) in [6, 6.07) is 20.0. The topological polar surface area (TPSA) is 80.3 Å². The van der Waals surface area contributed by atoms with Gasteiger partial charge in [0.05, 0.1) is 11.9 Å². The second kappa shape index (κ2) is 9.15. The highest BCUT2D eigenvalue weighted by Gasteiger charge is 2.07. The fourth-order valence-corrected chi connectivity index (χ4v) is 2.36. The number of amides is 2. The summed E-state index contributed by atoms with van der Waals surface area (Å²) in [5.74, 6) is -0.218. The lowest BCUT2D eigenvalue weighted by Crippen LogP contribution is -2.23. The van der Waals surface area contributed by atoms with Crippen molar-refractivity contribution in [2.75, 3.05) is 5.32 Å². The number of rotatable bonds is 6. The van der Waals surface area contributed by atoms with E-state index in [-0.39, 0.29) is 12.5 Å². The van der Waals surface area contributed by atoms with Crippen molar-refractivity contribution in [3.63, 3.8) is 0 Å². The molecule has 0 aliphatic carbocycles. The standard InChI is InChI=1S/C21H19N3O3/c25-20(24-19-7-4-12-22-14-19)18-10-8-16(9-11-18)13-23-21(26)27-15-17-5-2-1-3-6-17/h1-12,14H,13,15H2,(H,23,26)(H,24,25). The van der Waals surface area contributed by atoms with Crippen LogP contribution in [0.15, 0.2) is 79.1 Å². The molecule has 3 aromatic rings. The van der Waals surface area contributed by atoms with Gasteiger partial charge >= 0.3 is 6.09 Å². The van der Waals surface area contributed by atoms with Gasteiger partial charge in [0.15, 0.2) is 0 Å². The van der Waals surface area contributed by atoms with Crippen LogP contribution in [0.25, 0.3) is 0 Å². The number of benzene rings is 2. The Morgan fingerprint density at radius 3 is 2.37 bits per heavy atom. The van der Waals surface area contributed by atoms with E-state index in [0.717, 1.165) is 11.1 Å². The number of pyridine rings is 1. The molecule has 0 radical (unpaired) electrons. The van der Waals surface area contributed by atoms with E-state index in [1.54, 1.807) is 48.8 Å². The third kappa shape index (κ3) is 5.67. The monoisotopic (exact) mass is 361 g/mol. The first-order valence-corrected chi connectivity index (χ1v) is 8.45. The molecule has 0 saturated heterocycles. The van der Waals surface area contributed by atoms with Gasteiger partial charge in [0.25, 0.3) is 5.91 Å². The van der Waals surface area contributed by atoms with Crippen LogP contribution >= 0.6 is 0 Å². The zero-order valence-electron chi connectivity index (χ0n) is 14.6. The van der Waals surface area contributed by atoms with Crippen molar-refractivity contribution >= 4 is 17.7 Å². The molecule has 1 heterocycles. The third-order valence-electron chi connectivity index (χ3n) is 3.79. The van der Waals surface area contributed by atoms with Crippen molar-refractivity contribution < 1.29 is 14.3 Å².